The minimum atomic E-state index is -0.0595. The number of fused-ring (bicyclic) bond motifs is 1. The van der Waals surface area contributed by atoms with Crippen molar-refractivity contribution in [3.63, 3.8) is 0 Å². The van der Waals surface area contributed by atoms with Crippen LogP contribution in [-0.2, 0) is 9.53 Å². The highest BCUT2D eigenvalue weighted by Crippen LogP contribution is 2.36. The molecule has 0 radical (unpaired) electrons. The molecule has 0 aliphatic carbocycles. The fourth-order valence-corrected chi connectivity index (χ4v) is 2.86. The summed E-state index contributed by atoms with van der Waals surface area (Å²) in [4.78, 5) is 21.1. The molecule has 1 N–H and O–H groups in total. The number of benzene rings is 1. The van der Waals surface area contributed by atoms with Crippen LogP contribution >= 0.6 is 0 Å². The van der Waals surface area contributed by atoms with Crippen LogP contribution < -0.4 is 9.64 Å². The smallest absolute Gasteiger partial charge is 0.252 e. The Labute approximate surface area is 141 Å². The van der Waals surface area contributed by atoms with E-state index in [9.17, 15) is 4.79 Å². The Morgan fingerprint density at radius 3 is 3.08 bits per heavy atom. The summed E-state index contributed by atoms with van der Waals surface area (Å²) in [5.74, 6) is 0.779. The number of nitrogens with zero attached hydrogens (tertiary/aromatic N) is 2. The van der Waals surface area contributed by atoms with Gasteiger partial charge in [0.2, 0.25) is 0 Å². The van der Waals surface area contributed by atoms with Crippen molar-refractivity contribution < 1.29 is 14.3 Å². The molecule has 1 aromatic carbocycles. The summed E-state index contributed by atoms with van der Waals surface area (Å²) in [6.45, 7) is 3.25. The molecule has 6 nitrogen and oxygen atoms in total. The van der Waals surface area contributed by atoms with Gasteiger partial charge in [-0.15, -0.1) is 0 Å². The second-order valence-electron chi connectivity index (χ2n) is 5.53. The van der Waals surface area contributed by atoms with Crippen molar-refractivity contribution in [3.05, 3.63) is 42.0 Å². The van der Waals surface area contributed by atoms with Gasteiger partial charge < -0.3 is 19.4 Å². The number of methoxy groups -OCH3 is 1. The van der Waals surface area contributed by atoms with Crippen LogP contribution in [0.1, 0.15) is 24.6 Å². The van der Waals surface area contributed by atoms with Crippen molar-refractivity contribution in [2.45, 2.75) is 13.3 Å². The molecule has 0 saturated carbocycles. The van der Waals surface area contributed by atoms with Gasteiger partial charge in [-0.05, 0) is 36.8 Å². The minimum absolute atomic E-state index is 0.0595. The van der Waals surface area contributed by atoms with E-state index in [1.54, 1.807) is 17.4 Å². The van der Waals surface area contributed by atoms with Crippen LogP contribution in [0.5, 0.6) is 5.75 Å². The average molecular weight is 327 g/mol. The molecule has 2 aromatic rings. The van der Waals surface area contributed by atoms with E-state index in [1.165, 1.54) is 7.11 Å². The number of aromatic amines is 1. The van der Waals surface area contributed by atoms with E-state index in [0.29, 0.717) is 13.2 Å². The SMILES string of the molecule is CCN(C(=O)COC)c1ccc2c(c1)C(=Cc1cnc[nH]1)CCO2. The van der Waals surface area contributed by atoms with Crippen LogP contribution in [0, 0.1) is 0 Å². The summed E-state index contributed by atoms with van der Waals surface area (Å²) >= 11 is 0. The highest BCUT2D eigenvalue weighted by molar-refractivity contribution is 5.95. The van der Waals surface area contributed by atoms with Crippen LogP contribution in [0.3, 0.4) is 0 Å². The number of H-pyrrole nitrogens is 1. The predicted octanol–water partition coefficient (Wildman–Crippen LogP) is 2.73. The zero-order chi connectivity index (χ0) is 16.9. The Morgan fingerprint density at radius 2 is 2.38 bits per heavy atom. The second-order valence-corrected chi connectivity index (χ2v) is 5.53. The van der Waals surface area contributed by atoms with Gasteiger partial charge in [-0.3, -0.25) is 4.79 Å². The lowest BCUT2D eigenvalue weighted by molar-refractivity contribution is -0.122. The molecule has 1 aliphatic rings. The first-order valence-electron chi connectivity index (χ1n) is 7.98. The summed E-state index contributed by atoms with van der Waals surface area (Å²) in [5, 5.41) is 0. The number of hydrogen-bond donors (Lipinski definition) is 1. The largest absolute Gasteiger partial charge is 0.493 e. The third-order valence-corrected chi connectivity index (χ3v) is 3.98. The van der Waals surface area contributed by atoms with Gasteiger partial charge in [0.15, 0.2) is 0 Å². The van der Waals surface area contributed by atoms with Crippen LogP contribution in [-0.4, -0.2) is 42.7 Å². The maximum absolute atomic E-state index is 12.2. The minimum Gasteiger partial charge on any atom is -0.493 e. The summed E-state index contributed by atoms with van der Waals surface area (Å²) in [6.07, 6.45) is 6.33. The first-order chi connectivity index (χ1) is 11.7. The van der Waals surface area contributed by atoms with E-state index in [4.69, 9.17) is 9.47 Å². The molecular formula is C18H21N3O3. The van der Waals surface area contributed by atoms with Gasteiger partial charge in [0.1, 0.15) is 12.4 Å². The van der Waals surface area contributed by atoms with Crippen molar-refractivity contribution in [1.29, 1.82) is 0 Å². The second kappa shape index (κ2) is 7.31. The number of aromatic nitrogens is 2. The summed E-state index contributed by atoms with van der Waals surface area (Å²) in [7, 11) is 1.53. The Kier molecular flexibility index (Phi) is 4.96. The number of hydrogen-bond acceptors (Lipinski definition) is 4. The fourth-order valence-electron chi connectivity index (χ4n) is 2.86. The molecule has 24 heavy (non-hydrogen) atoms. The molecule has 1 aromatic heterocycles. The molecule has 126 valence electrons. The molecule has 0 atom stereocenters. The number of carbonyl (C=O) groups is 1. The lowest BCUT2D eigenvalue weighted by Crippen LogP contribution is -2.33. The normalized spacial score (nSPS) is 15.0. The van der Waals surface area contributed by atoms with E-state index in [2.05, 4.69) is 16.0 Å². The van der Waals surface area contributed by atoms with Crippen molar-refractivity contribution in [3.8, 4) is 5.75 Å². The number of carbonyl (C=O) groups excluding carboxylic acids is 1. The first-order valence-corrected chi connectivity index (χ1v) is 7.98. The Morgan fingerprint density at radius 1 is 1.50 bits per heavy atom. The fraction of sp³-hybridized carbons (Fsp3) is 0.333. The van der Waals surface area contributed by atoms with Gasteiger partial charge in [0, 0.05) is 31.3 Å². The third kappa shape index (κ3) is 3.33. The van der Waals surface area contributed by atoms with Crippen LogP contribution in [0.15, 0.2) is 30.7 Å². The Bertz CT molecular complexity index is 738. The summed E-state index contributed by atoms with van der Waals surface area (Å²) < 4.78 is 10.7. The molecule has 1 aliphatic heterocycles. The van der Waals surface area contributed by atoms with Crippen molar-refractivity contribution >= 4 is 23.2 Å². The van der Waals surface area contributed by atoms with Gasteiger partial charge >= 0.3 is 0 Å². The topological polar surface area (TPSA) is 67.5 Å². The van der Waals surface area contributed by atoms with E-state index in [0.717, 1.165) is 34.7 Å². The highest BCUT2D eigenvalue weighted by atomic mass is 16.5. The lowest BCUT2D eigenvalue weighted by Gasteiger charge is -2.25. The van der Waals surface area contributed by atoms with Crippen LogP contribution in [0.4, 0.5) is 5.69 Å². The number of ether oxygens (including phenoxy) is 2. The number of imidazole rings is 1. The number of nitrogens with one attached hydrogen (secondary N) is 1. The maximum atomic E-state index is 12.2. The zero-order valence-corrected chi connectivity index (χ0v) is 13.9. The molecule has 0 fully saturated rings. The van der Waals surface area contributed by atoms with Crippen molar-refractivity contribution in [2.24, 2.45) is 0 Å². The molecule has 1 amide bonds. The summed E-state index contributed by atoms with van der Waals surface area (Å²) in [5.41, 5.74) is 3.97. The van der Waals surface area contributed by atoms with Crippen molar-refractivity contribution in [2.75, 3.05) is 31.8 Å². The highest BCUT2D eigenvalue weighted by Gasteiger charge is 2.20. The number of likely N-dealkylation sites (N-methyl/N-ethyl adjacent to an activating group) is 1. The van der Waals surface area contributed by atoms with E-state index in [-0.39, 0.29) is 12.5 Å². The van der Waals surface area contributed by atoms with Gasteiger partial charge in [-0.2, -0.15) is 0 Å². The maximum Gasteiger partial charge on any atom is 0.252 e. The first kappa shape index (κ1) is 16.3. The predicted molar refractivity (Wildman–Crippen MR) is 92.9 cm³/mol. The van der Waals surface area contributed by atoms with Gasteiger partial charge in [-0.1, -0.05) is 0 Å². The van der Waals surface area contributed by atoms with E-state index in [1.807, 2.05) is 25.1 Å². The quantitative estimate of drug-likeness (QED) is 0.917. The standard InChI is InChI=1S/C18H21N3O3/c1-3-21(18(22)11-23-2)15-4-5-17-16(9-15)13(6-7-24-17)8-14-10-19-12-20-14/h4-5,8-10,12H,3,6-7,11H2,1-2H3,(H,19,20). The molecule has 0 bridgehead atoms. The monoisotopic (exact) mass is 327 g/mol. The van der Waals surface area contributed by atoms with E-state index < -0.39 is 0 Å². The molecule has 2 heterocycles. The molecule has 6 heteroatoms. The molecule has 0 unspecified atom stereocenters. The molecular weight excluding hydrogens is 306 g/mol. The molecule has 0 spiro atoms. The third-order valence-electron chi connectivity index (χ3n) is 3.98. The Balaban J connectivity index is 1.97. The van der Waals surface area contributed by atoms with Gasteiger partial charge in [0.05, 0.1) is 24.8 Å². The Hall–Kier alpha value is -2.60. The zero-order valence-electron chi connectivity index (χ0n) is 13.9. The molecule has 3 rings (SSSR count). The molecule has 0 saturated heterocycles. The van der Waals surface area contributed by atoms with Crippen molar-refractivity contribution in [1.82, 2.24) is 9.97 Å². The van der Waals surface area contributed by atoms with E-state index >= 15 is 0 Å². The van der Waals surface area contributed by atoms with Crippen LogP contribution in [0.2, 0.25) is 0 Å². The van der Waals surface area contributed by atoms with Gasteiger partial charge in [-0.25, -0.2) is 4.98 Å². The van der Waals surface area contributed by atoms with Crippen LogP contribution in [0.25, 0.3) is 11.6 Å². The summed E-state index contributed by atoms with van der Waals surface area (Å²) in [6, 6.07) is 5.84. The average Bonchev–Trinajstić information content (AvgIpc) is 3.09. The lowest BCUT2D eigenvalue weighted by atomic mass is 9.98. The van der Waals surface area contributed by atoms with Gasteiger partial charge in [0.25, 0.3) is 5.91 Å². The number of anilines is 1. The number of amides is 1. The number of rotatable bonds is 5.